The van der Waals surface area contributed by atoms with Gasteiger partial charge in [-0.25, -0.2) is 9.97 Å². The maximum absolute atomic E-state index is 8.80. The number of aliphatic hydroxyl groups excluding tert-OH is 1. The van der Waals surface area contributed by atoms with E-state index < -0.39 is 0 Å². The number of hydrogen-bond donors (Lipinski definition) is 1. The fraction of sp³-hybridized carbons (Fsp3) is 0.200. The van der Waals surface area contributed by atoms with Crippen LogP contribution in [0.3, 0.4) is 0 Å². The number of halogens is 1. The topological polar surface area (TPSA) is 46.0 Å². The van der Waals surface area contributed by atoms with E-state index in [-0.39, 0.29) is 6.61 Å². The molecule has 0 atom stereocenters. The van der Waals surface area contributed by atoms with Crippen LogP contribution < -0.4 is 0 Å². The van der Waals surface area contributed by atoms with Gasteiger partial charge in [0, 0.05) is 12.6 Å². The molecule has 2 aromatic rings. The summed E-state index contributed by atoms with van der Waals surface area (Å²) < 4.78 is 1.08. The van der Waals surface area contributed by atoms with E-state index >= 15 is 0 Å². The Hall–Kier alpha value is -0.780. The lowest BCUT2D eigenvalue weighted by Gasteiger charge is -1.99. The van der Waals surface area contributed by atoms with Gasteiger partial charge >= 0.3 is 0 Å². The SMILES string of the molecule is OCCc1nccc(-c2ccc(Br)s2)n1. The van der Waals surface area contributed by atoms with Crippen molar-refractivity contribution in [3.8, 4) is 10.6 Å². The summed E-state index contributed by atoms with van der Waals surface area (Å²) in [5.41, 5.74) is 0.907. The summed E-state index contributed by atoms with van der Waals surface area (Å²) in [5.74, 6) is 0.680. The maximum atomic E-state index is 8.80. The fourth-order valence-electron chi connectivity index (χ4n) is 1.21. The quantitative estimate of drug-likeness (QED) is 0.942. The van der Waals surface area contributed by atoms with Crippen molar-refractivity contribution in [1.29, 1.82) is 0 Å². The van der Waals surface area contributed by atoms with Gasteiger partial charge in [-0.3, -0.25) is 0 Å². The second-order valence-electron chi connectivity index (χ2n) is 2.94. The monoisotopic (exact) mass is 284 g/mol. The number of rotatable bonds is 3. The third kappa shape index (κ3) is 2.62. The lowest BCUT2D eigenvalue weighted by molar-refractivity contribution is 0.296. The van der Waals surface area contributed by atoms with Crippen molar-refractivity contribution in [2.75, 3.05) is 6.61 Å². The second kappa shape index (κ2) is 4.83. The van der Waals surface area contributed by atoms with Crippen LogP contribution in [0.4, 0.5) is 0 Å². The molecule has 0 saturated carbocycles. The molecule has 0 unspecified atom stereocenters. The molecule has 0 radical (unpaired) electrons. The zero-order valence-corrected chi connectivity index (χ0v) is 10.3. The predicted octanol–water partition coefficient (Wildman–Crippen LogP) is 2.50. The van der Waals surface area contributed by atoms with E-state index in [4.69, 9.17) is 5.11 Å². The highest BCUT2D eigenvalue weighted by Gasteiger charge is 2.04. The van der Waals surface area contributed by atoms with Gasteiger partial charge in [-0.15, -0.1) is 11.3 Å². The fourth-order valence-corrected chi connectivity index (χ4v) is 2.56. The Morgan fingerprint density at radius 3 is 2.87 bits per heavy atom. The van der Waals surface area contributed by atoms with Crippen molar-refractivity contribution in [3.05, 3.63) is 34.0 Å². The van der Waals surface area contributed by atoms with E-state index in [1.165, 1.54) is 0 Å². The molecule has 5 heteroatoms. The molecule has 0 saturated heterocycles. The number of nitrogens with zero attached hydrogens (tertiary/aromatic N) is 2. The van der Waals surface area contributed by atoms with Gasteiger partial charge < -0.3 is 5.11 Å². The molecule has 0 aliphatic carbocycles. The van der Waals surface area contributed by atoms with Gasteiger partial charge in [-0.2, -0.15) is 0 Å². The summed E-state index contributed by atoms with van der Waals surface area (Å²) >= 11 is 5.05. The van der Waals surface area contributed by atoms with Gasteiger partial charge in [0.15, 0.2) is 0 Å². The van der Waals surface area contributed by atoms with Crippen LogP contribution in [0.5, 0.6) is 0 Å². The van der Waals surface area contributed by atoms with Gasteiger partial charge in [0.1, 0.15) is 5.82 Å². The standard InChI is InChI=1S/C10H9BrN2OS/c11-9-2-1-8(15-9)7-3-5-12-10(13-7)4-6-14/h1-3,5,14H,4,6H2. The highest BCUT2D eigenvalue weighted by atomic mass is 79.9. The van der Waals surface area contributed by atoms with Crippen LogP contribution in [0.25, 0.3) is 10.6 Å². The Morgan fingerprint density at radius 2 is 2.20 bits per heavy atom. The summed E-state index contributed by atoms with van der Waals surface area (Å²) in [6.07, 6.45) is 2.22. The van der Waals surface area contributed by atoms with Crippen LogP contribution >= 0.6 is 27.3 Å². The van der Waals surface area contributed by atoms with E-state index in [0.29, 0.717) is 12.2 Å². The largest absolute Gasteiger partial charge is 0.396 e. The minimum absolute atomic E-state index is 0.0809. The van der Waals surface area contributed by atoms with Gasteiger partial charge in [-0.05, 0) is 34.1 Å². The molecule has 2 heterocycles. The summed E-state index contributed by atoms with van der Waals surface area (Å²) in [4.78, 5) is 9.55. The lowest BCUT2D eigenvalue weighted by Crippen LogP contribution is -1.98. The first-order valence-corrected chi connectivity index (χ1v) is 6.09. The van der Waals surface area contributed by atoms with Gasteiger partial charge in [-0.1, -0.05) is 0 Å². The second-order valence-corrected chi connectivity index (χ2v) is 5.40. The van der Waals surface area contributed by atoms with E-state index in [2.05, 4.69) is 25.9 Å². The smallest absolute Gasteiger partial charge is 0.131 e. The van der Waals surface area contributed by atoms with E-state index in [9.17, 15) is 0 Å². The zero-order valence-electron chi connectivity index (χ0n) is 7.85. The van der Waals surface area contributed by atoms with Crippen molar-refractivity contribution in [3.63, 3.8) is 0 Å². The van der Waals surface area contributed by atoms with Crippen molar-refractivity contribution in [2.45, 2.75) is 6.42 Å². The van der Waals surface area contributed by atoms with Crippen molar-refractivity contribution >= 4 is 27.3 Å². The highest BCUT2D eigenvalue weighted by Crippen LogP contribution is 2.29. The molecule has 3 nitrogen and oxygen atoms in total. The number of thiophene rings is 1. The molecular weight excluding hydrogens is 276 g/mol. The normalized spacial score (nSPS) is 10.5. The Morgan fingerprint density at radius 1 is 1.33 bits per heavy atom. The number of aromatic nitrogens is 2. The summed E-state index contributed by atoms with van der Waals surface area (Å²) in [5, 5.41) is 8.80. The van der Waals surface area contributed by atoms with Crippen LogP contribution in [0.2, 0.25) is 0 Å². The first-order chi connectivity index (χ1) is 7.29. The van der Waals surface area contributed by atoms with E-state index in [1.807, 2.05) is 18.2 Å². The molecule has 78 valence electrons. The molecule has 0 spiro atoms. The third-order valence-corrected chi connectivity index (χ3v) is 3.51. The average molecular weight is 285 g/mol. The highest BCUT2D eigenvalue weighted by molar-refractivity contribution is 9.11. The Bertz CT molecular complexity index is 458. The molecule has 0 amide bonds. The molecule has 0 aliphatic heterocycles. The van der Waals surface area contributed by atoms with Crippen LogP contribution in [0, 0.1) is 0 Å². The van der Waals surface area contributed by atoms with Gasteiger partial charge in [0.25, 0.3) is 0 Å². The first kappa shape index (κ1) is 10.7. The molecule has 0 fully saturated rings. The molecule has 2 rings (SSSR count). The minimum Gasteiger partial charge on any atom is -0.396 e. The van der Waals surface area contributed by atoms with Gasteiger partial charge in [0.2, 0.25) is 0 Å². The lowest BCUT2D eigenvalue weighted by atomic mass is 10.3. The summed E-state index contributed by atoms with van der Waals surface area (Å²) in [6, 6.07) is 5.88. The Kier molecular flexibility index (Phi) is 3.45. The predicted molar refractivity (Wildman–Crippen MR) is 63.8 cm³/mol. The average Bonchev–Trinajstić information content (AvgIpc) is 2.66. The Balaban J connectivity index is 2.32. The molecule has 1 N–H and O–H groups in total. The van der Waals surface area contributed by atoms with Crippen molar-refractivity contribution < 1.29 is 5.11 Å². The van der Waals surface area contributed by atoms with Crippen LogP contribution in [0.1, 0.15) is 5.82 Å². The molecule has 0 aliphatic rings. The van der Waals surface area contributed by atoms with Crippen molar-refractivity contribution in [1.82, 2.24) is 9.97 Å². The van der Waals surface area contributed by atoms with E-state index in [1.54, 1.807) is 17.5 Å². The summed E-state index contributed by atoms with van der Waals surface area (Å²) in [6.45, 7) is 0.0809. The zero-order chi connectivity index (χ0) is 10.7. The minimum atomic E-state index is 0.0809. The number of aliphatic hydroxyl groups is 1. The van der Waals surface area contributed by atoms with Gasteiger partial charge in [0.05, 0.1) is 21.0 Å². The Labute approximate surface area is 100.0 Å². The molecule has 2 aromatic heterocycles. The molecular formula is C10H9BrN2OS. The van der Waals surface area contributed by atoms with Crippen molar-refractivity contribution in [2.24, 2.45) is 0 Å². The van der Waals surface area contributed by atoms with Crippen LogP contribution in [0.15, 0.2) is 28.2 Å². The molecule has 0 aromatic carbocycles. The first-order valence-electron chi connectivity index (χ1n) is 4.48. The third-order valence-electron chi connectivity index (χ3n) is 1.87. The molecule has 0 bridgehead atoms. The molecule has 15 heavy (non-hydrogen) atoms. The summed E-state index contributed by atoms with van der Waals surface area (Å²) in [7, 11) is 0. The van der Waals surface area contributed by atoms with Crippen LogP contribution in [-0.2, 0) is 6.42 Å². The maximum Gasteiger partial charge on any atom is 0.131 e. The van der Waals surface area contributed by atoms with Crippen LogP contribution in [-0.4, -0.2) is 21.7 Å². The number of hydrogen-bond acceptors (Lipinski definition) is 4. The van der Waals surface area contributed by atoms with E-state index in [0.717, 1.165) is 14.4 Å².